The topological polar surface area (TPSA) is 67.4 Å². The highest BCUT2D eigenvalue weighted by atomic mass is 16.5. The van der Waals surface area contributed by atoms with E-state index in [1.165, 1.54) is 0 Å². The fourth-order valence-corrected chi connectivity index (χ4v) is 3.44. The van der Waals surface area contributed by atoms with Crippen molar-refractivity contribution in [3.63, 3.8) is 0 Å². The Morgan fingerprint density at radius 2 is 1.92 bits per heavy atom. The molecule has 25 heavy (non-hydrogen) atoms. The van der Waals surface area contributed by atoms with Gasteiger partial charge in [-0.15, -0.1) is 0 Å². The highest BCUT2D eigenvalue weighted by Crippen LogP contribution is 2.33. The lowest BCUT2D eigenvalue weighted by Gasteiger charge is -2.40. The Hall–Kier alpha value is -1.88. The van der Waals surface area contributed by atoms with Gasteiger partial charge in [0.2, 0.25) is 0 Å². The van der Waals surface area contributed by atoms with Crippen LogP contribution in [0, 0.1) is 11.3 Å². The van der Waals surface area contributed by atoms with Crippen LogP contribution in [0.15, 0.2) is 24.3 Å². The second kappa shape index (κ2) is 8.48. The number of nitrogens with one attached hydrogen (secondary N) is 2. The smallest absolute Gasteiger partial charge is 0.313 e. The Labute approximate surface area is 150 Å². The molecule has 1 aliphatic heterocycles. The lowest BCUT2D eigenvalue weighted by molar-refractivity contribution is -0.137. The predicted molar refractivity (Wildman–Crippen MR) is 99.4 cm³/mol. The molecule has 1 aromatic carbocycles. The van der Waals surface area contributed by atoms with E-state index in [4.69, 9.17) is 4.74 Å². The van der Waals surface area contributed by atoms with Crippen LogP contribution in [0.1, 0.15) is 46.1 Å². The van der Waals surface area contributed by atoms with Crippen LogP contribution in [0.2, 0.25) is 0 Å². The average Bonchev–Trinajstić information content (AvgIpc) is 2.59. The summed E-state index contributed by atoms with van der Waals surface area (Å²) in [6.45, 7) is 9.68. The van der Waals surface area contributed by atoms with Crippen molar-refractivity contribution < 1.29 is 14.3 Å². The zero-order valence-electron chi connectivity index (χ0n) is 15.7. The van der Waals surface area contributed by atoms with Gasteiger partial charge in [0.25, 0.3) is 0 Å². The van der Waals surface area contributed by atoms with Crippen LogP contribution < -0.4 is 10.6 Å². The van der Waals surface area contributed by atoms with Crippen molar-refractivity contribution in [3.8, 4) is 0 Å². The molecule has 1 aromatic rings. The number of ether oxygens (including phenoxy) is 1. The third-order valence-corrected chi connectivity index (χ3v) is 4.68. The number of aryl methyl sites for hydroxylation is 1. The van der Waals surface area contributed by atoms with Crippen LogP contribution in [0.5, 0.6) is 0 Å². The Morgan fingerprint density at radius 3 is 2.60 bits per heavy atom. The fourth-order valence-electron chi connectivity index (χ4n) is 3.44. The summed E-state index contributed by atoms with van der Waals surface area (Å²) < 4.78 is 5.92. The van der Waals surface area contributed by atoms with Crippen LogP contribution in [0.3, 0.4) is 0 Å². The normalized spacial score (nSPS) is 20.8. The molecule has 1 heterocycles. The summed E-state index contributed by atoms with van der Waals surface area (Å²) in [5.74, 6) is -0.984. The lowest BCUT2D eigenvalue weighted by Crippen LogP contribution is -2.46. The molecule has 0 radical (unpaired) electrons. The molecule has 0 spiro atoms. The molecule has 2 amide bonds. The number of carbonyl (C=O) groups is 2. The van der Waals surface area contributed by atoms with E-state index in [2.05, 4.69) is 31.4 Å². The maximum absolute atomic E-state index is 12.2. The van der Waals surface area contributed by atoms with Crippen molar-refractivity contribution >= 4 is 17.5 Å². The maximum Gasteiger partial charge on any atom is 0.313 e. The Balaban J connectivity index is 1.91. The third kappa shape index (κ3) is 5.30. The van der Waals surface area contributed by atoms with Gasteiger partial charge in [-0.25, -0.2) is 0 Å². The molecular formula is C20H30N2O3. The standard InChI is InChI=1S/C20H30N2O3/c1-5-14-9-6-7-11-16(14)22-19(24)18(23)21-13-15-10-8-12-25-17(15)20(2,3)4/h6-7,9,11,15,17H,5,8,10,12-13H2,1-4H3,(H,21,23)(H,22,24)/t15-,17+/m1/s1. The minimum Gasteiger partial charge on any atom is -0.377 e. The summed E-state index contributed by atoms with van der Waals surface area (Å²) in [6.07, 6.45) is 2.88. The molecule has 1 fully saturated rings. The van der Waals surface area contributed by atoms with Crippen molar-refractivity contribution in [2.45, 2.75) is 53.1 Å². The fraction of sp³-hybridized carbons (Fsp3) is 0.600. The largest absolute Gasteiger partial charge is 0.377 e. The zero-order chi connectivity index (χ0) is 18.4. The second-order valence-electron chi connectivity index (χ2n) is 7.73. The molecule has 0 bridgehead atoms. The minimum atomic E-state index is -0.620. The van der Waals surface area contributed by atoms with Gasteiger partial charge in [-0.05, 0) is 36.3 Å². The average molecular weight is 346 g/mol. The van der Waals surface area contributed by atoms with E-state index in [1.54, 1.807) is 0 Å². The van der Waals surface area contributed by atoms with E-state index in [-0.39, 0.29) is 17.4 Å². The van der Waals surface area contributed by atoms with Crippen molar-refractivity contribution in [2.75, 3.05) is 18.5 Å². The summed E-state index contributed by atoms with van der Waals surface area (Å²) in [4.78, 5) is 24.4. The maximum atomic E-state index is 12.2. The Kier molecular flexibility index (Phi) is 6.59. The van der Waals surface area contributed by atoms with E-state index in [9.17, 15) is 9.59 Å². The number of carbonyl (C=O) groups excluding carboxylic acids is 2. The molecule has 0 saturated carbocycles. The third-order valence-electron chi connectivity index (χ3n) is 4.68. The molecule has 1 aliphatic rings. The van der Waals surface area contributed by atoms with Crippen molar-refractivity contribution in [3.05, 3.63) is 29.8 Å². The first kappa shape index (κ1) is 19.4. The zero-order valence-corrected chi connectivity index (χ0v) is 15.7. The van der Waals surface area contributed by atoms with E-state index in [1.807, 2.05) is 31.2 Å². The summed E-state index contributed by atoms with van der Waals surface area (Å²) in [5, 5.41) is 5.49. The first-order valence-electron chi connectivity index (χ1n) is 9.11. The van der Waals surface area contributed by atoms with Crippen molar-refractivity contribution in [1.82, 2.24) is 5.32 Å². The lowest BCUT2D eigenvalue weighted by atomic mass is 9.78. The number of rotatable bonds is 4. The van der Waals surface area contributed by atoms with Gasteiger partial charge < -0.3 is 15.4 Å². The number of hydrogen-bond acceptors (Lipinski definition) is 3. The van der Waals surface area contributed by atoms with Crippen molar-refractivity contribution in [1.29, 1.82) is 0 Å². The quantitative estimate of drug-likeness (QED) is 0.823. The monoisotopic (exact) mass is 346 g/mol. The second-order valence-corrected chi connectivity index (χ2v) is 7.73. The SMILES string of the molecule is CCc1ccccc1NC(=O)C(=O)NC[C@H]1CCCO[C@@H]1C(C)(C)C. The molecule has 5 nitrogen and oxygen atoms in total. The molecule has 0 unspecified atom stereocenters. The minimum absolute atomic E-state index is 0.0120. The molecular weight excluding hydrogens is 316 g/mol. The van der Waals surface area contributed by atoms with Crippen LogP contribution in [0.4, 0.5) is 5.69 Å². The van der Waals surface area contributed by atoms with E-state index < -0.39 is 11.8 Å². The molecule has 2 rings (SSSR count). The van der Waals surface area contributed by atoms with E-state index in [0.29, 0.717) is 12.2 Å². The molecule has 1 saturated heterocycles. The molecule has 2 N–H and O–H groups in total. The summed E-state index contributed by atoms with van der Waals surface area (Å²) in [5.41, 5.74) is 1.72. The van der Waals surface area contributed by atoms with Gasteiger partial charge >= 0.3 is 11.8 Å². The molecule has 5 heteroatoms. The van der Waals surface area contributed by atoms with E-state index >= 15 is 0 Å². The van der Waals surface area contributed by atoms with Gasteiger partial charge in [0.05, 0.1) is 6.10 Å². The molecule has 0 aliphatic carbocycles. The van der Waals surface area contributed by atoms with Crippen LogP contribution in [-0.4, -0.2) is 31.1 Å². The summed E-state index contributed by atoms with van der Waals surface area (Å²) in [6, 6.07) is 7.53. The molecule has 0 aromatic heterocycles. The number of para-hydroxylation sites is 1. The van der Waals surface area contributed by atoms with Crippen LogP contribution in [-0.2, 0) is 20.7 Å². The first-order chi connectivity index (χ1) is 11.8. The Bertz CT molecular complexity index is 607. The summed E-state index contributed by atoms with van der Waals surface area (Å²) >= 11 is 0. The highest BCUT2D eigenvalue weighted by molar-refractivity contribution is 6.39. The van der Waals surface area contributed by atoms with Gasteiger partial charge in [-0.2, -0.15) is 0 Å². The predicted octanol–water partition coefficient (Wildman–Crippen LogP) is 3.15. The van der Waals surface area contributed by atoms with Gasteiger partial charge in [-0.1, -0.05) is 45.9 Å². The molecule has 138 valence electrons. The van der Waals surface area contributed by atoms with Gasteiger partial charge in [0.15, 0.2) is 0 Å². The number of anilines is 1. The van der Waals surface area contributed by atoms with Crippen LogP contribution >= 0.6 is 0 Å². The van der Waals surface area contributed by atoms with Crippen molar-refractivity contribution in [2.24, 2.45) is 11.3 Å². The number of amides is 2. The van der Waals surface area contributed by atoms with Gasteiger partial charge in [-0.3, -0.25) is 9.59 Å². The highest BCUT2D eigenvalue weighted by Gasteiger charge is 2.35. The summed E-state index contributed by atoms with van der Waals surface area (Å²) in [7, 11) is 0. The number of benzene rings is 1. The van der Waals surface area contributed by atoms with Gasteiger partial charge in [0, 0.05) is 24.8 Å². The molecule has 2 atom stereocenters. The first-order valence-corrected chi connectivity index (χ1v) is 9.11. The Morgan fingerprint density at radius 1 is 1.20 bits per heavy atom. The number of hydrogen-bond donors (Lipinski definition) is 2. The van der Waals surface area contributed by atoms with Crippen LogP contribution in [0.25, 0.3) is 0 Å². The van der Waals surface area contributed by atoms with Gasteiger partial charge in [0.1, 0.15) is 0 Å². The van der Waals surface area contributed by atoms with E-state index in [0.717, 1.165) is 31.4 Å².